The summed E-state index contributed by atoms with van der Waals surface area (Å²) in [7, 11) is 5.82. The molecule has 0 spiro atoms. The highest BCUT2D eigenvalue weighted by molar-refractivity contribution is 5.79. The fourth-order valence-electron chi connectivity index (χ4n) is 2.74. The summed E-state index contributed by atoms with van der Waals surface area (Å²) in [6.07, 6.45) is 4.22. The Morgan fingerprint density at radius 1 is 1.41 bits per heavy atom. The first-order chi connectivity index (χ1) is 8.19. The lowest BCUT2D eigenvalue weighted by atomic mass is 9.83. The normalized spacial score (nSPS) is 18.9. The molecule has 1 atom stereocenters. The fourth-order valence-corrected chi connectivity index (χ4v) is 2.74. The van der Waals surface area contributed by atoms with Gasteiger partial charge in [0.2, 0.25) is 0 Å². The van der Waals surface area contributed by atoms with E-state index in [1.54, 1.807) is 7.11 Å². The highest BCUT2D eigenvalue weighted by Crippen LogP contribution is 2.39. The summed E-state index contributed by atoms with van der Waals surface area (Å²) in [5.74, 6) is 0.914. The number of rotatable bonds is 3. The molecule has 0 amide bonds. The number of carbonyl (C=O) groups excluding carboxylic acids is 1. The number of aldehydes is 1. The van der Waals surface area contributed by atoms with E-state index in [0.717, 1.165) is 42.4 Å². The van der Waals surface area contributed by atoms with Gasteiger partial charge in [-0.1, -0.05) is 0 Å². The van der Waals surface area contributed by atoms with Gasteiger partial charge in [0.15, 0.2) is 0 Å². The zero-order valence-electron chi connectivity index (χ0n) is 10.7. The molecule has 0 bridgehead atoms. The van der Waals surface area contributed by atoms with Crippen LogP contribution in [0.2, 0.25) is 0 Å². The monoisotopic (exact) mass is 233 g/mol. The van der Waals surface area contributed by atoms with Crippen LogP contribution in [0.4, 0.5) is 0 Å². The summed E-state index contributed by atoms with van der Waals surface area (Å²) >= 11 is 0. The topological polar surface area (TPSA) is 29.5 Å². The highest BCUT2D eigenvalue weighted by atomic mass is 16.5. The summed E-state index contributed by atoms with van der Waals surface area (Å²) in [6.45, 7) is 0. The molecule has 0 fully saturated rings. The minimum absolute atomic E-state index is 0.328. The largest absolute Gasteiger partial charge is 0.496 e. The van der Waals surface area contributed by atoms with Gasteiger partial charge in [0, 0.05) is 11.6 Å². The minimum Gasteiger partial charge on any atom is -0.496 e. The Morgan fingerprint density at radius 2 is 2.18 bits per heavy atom. The van der Waals surface area contributed by atoms with Crippen molar-refractivity contribution in [2.75, 3.05) is 21.2 Å². The third-order valence-corrected chi connectivity index (χ3v) is 3.56. The van der Waals surface area contributed by atoms with Gasteiger partial charge in [-0.3, -0.25) is 4.79 Å². The molecule has 3 nitrogen and oxygen atoms in total. The number of methoxy groups -OCH3 is 1. The van der Waals surface area contributed by atoms with E-state index in [2.05, 4.69) is 19.0 Å². The Kier molecular flexibility index (Phi) is 3.48. The minimum atomic E-state index is 0.328. The van der Waals surface area contributed by atoms with Gasteiger partial charge < -0.3 is 9.64 Å². The van der Waals surface area contributed by atoms with Gasteiger partial charge >= 0.3 is 0 Å². The first kappa shape index (κ1) is 12.1. The van der Waals surface area contributed by atoms with Crippen molar-refractivity contribution in [3.8, 4) is 5.75 Å². The Hall–Kier alpha value is -1.35. The number of nitrogens with zero attached hydrogens (tertiary/aromatic N) is 1. The lowest BCUT2D eigenvalue weighted by Gasteiger charge is -2.32. The standard InChI is InChI=1S/C14H19NO2/c1-15(2)12-6-4-5-11-13(17-3)8-7-10(9-16)14(11)12/h7-9,12H,4-6H2,1-3H3. The molecular weight excluding hydrogens is 214 g/mol. The summed E-state index contributed by atoms with van der Waals surface area (Å²) in [5.41, 5.74) is 3.18. The predicted octanol–water partition coefficient (Wildman–Crippen LogP) is 2.45. The van der Waals surface area contributed by atoms with E-state index in [0.29, 0.717) is 6.04 Å². The molecule has 92 valence electrons. The zero-order chi connectivity index (χ0) is 12.4. The number of hydrogen-bond acceptors (Lipinski definition) is 3. The Morgan fingerprint density at radius 3 is 2.76 bits per heavy atom. The van der Waals surface area contributed by atoms with Crippen LogP contribution in [0, 0.1) is 0 Å². The van der Waals surface area contributed by atoms with Crippen LogP contribution in [0.5, 0.6) is 5.75 Å². The van der Waals surface area contributed by atoms with Crippen LogP contribution >= 0.6 is 0 Å². The van der Waals surface area contributed by atoms with Crippen molar-refractivity contribution in [2.45, 2.75) is 25.3 Å². The van der Waals surface area contributed by atoms with Crippen LogP contribution in [-0.2, 0) is 6.42 Å². The maximum atomic E-state index is 11.2. The summed E-state index contributed by atoms with van der Waals surface area (Å²) < 4.78 is 5.41. The molecule has 0 radical (unpaired) electrons. The average molecular weight is 233 g/mol. The number of hydrogen-bond donors (Lipinski definition) is 0. The summed E-state index contributed by atoms with van der Waals surface area (Å²) in [5, 5.41) is 0. The average Bonchev–Trinajstić information content (AvgIpc) is 2.36. The highest BCUT2D eigenvalue weighted by Gasteiger charge is 2.26. The second-order valence-corrected chi connectivity index (χ2v) is 4.74. The van der Waals surface area contributed by atoms with Crippen LogP contribution in [-0.4, -0.2) is 32.4 Å². The van der Waals surface area contributed by atoms with Crippen LogP contribution < -0.4 is 4.74 Å². The van der Waals surface area contributed by atoms with Crippen molar-refractivity contribution < 1.29 is 9.53 Å². The first-order valence-corrected chi connectivity index (χ1v) is 6.00. The van der Waals surface area contributed by atoms with Crippen LogP contribution in [0.3, 0.4) is 0 Å². The molecule has 0 N–H and O–H groups in total. The van der Waals surface area contributed by atoms with E-state index >= 15 is 0 Å². The van der Waals surface area contributed by atoms with Gasteiger partial charge in [-0.25, -0.2) is 0 Å². The predicted molar refractivity (Wildman–Crippen MR) is 67.7 cm³/mol. The molecule has 1 aromatic carbocycles. The van der Waals surface area contributed by atoms with E-state index in [4.69, 9.17) is 4.74 Å². The Balaban J connectivity index is 2.60. The Labute approximate surface area is 102 Å². The third-order valence-electron chi connectivity index (χ3n) is 3.56. The molecule has 1 unspecified atom stereocenters. The molecule has 1 aliphatic rings. The maximum absolute atomic E-state index is 11.2. The molecule has 17 heavy (non-hydrogen) atoms. The van der Waals surface area contributed by atoms with E-state index in [-0.39, 0.29) is 0 Å². The molecule has 1 aromatic rings. The molecule has 1 aliphatic carbocycles. The van der Waals surface area contributed by atoms with Crippen molar-refractivity contribution in [1.82, 2.24) is 4.90 Å². The number of fused-ring (bicyclic) bond motifs is 1. The van der Waals surface area contributed by atoms with Crippen molar-refractivity contribution >= 4 is 6.29 Å². The van der Waals surface area contributed by atoms with Crippen LogP contribution in [0.25, 0.3) is 0 Å². The molecule has 0 aromatic heterocycles. The van der Waals surface area contributed by atoms with Gasteiger partial charge in [-0.15, -0.1) is 0 Å². The number of ether oxygens (including phenoxy) is 1. The first-order valence-electron chi connectivity index (χ1n) is 6.00. The van der Waals surface area contributed by atoms with E-state index in [9.17, 15) is 4.79 Å². The van der Waals surface area contributed by atoms with E-state index < -0.39 is 0 Å². The molecule has 0 saturated carbocycles. The number of benzene rings is 1. The van der Waals surface area contributed by atoms with Gasteiger partial charge in [0.25, 0.3) is 0 Å². The lowest BCUT2D eigenvalue weighted by molar-refractivity contribution is 0.111. The molecule has 0 aliphatic heterocycles. The van der Waals surface area contributed by atoms with E-state index in [1.165, 1.54) is 5.56 Å². The molecule has 2 rings (SSSR count). The number of carbonyl (C=O) groups is 1. The Bertz CT molecular complexity index is 426. The quantitative estimate of drug-likeness (QED) is 0.751. The van der Waals surface area contributed by atoms with Crippen molar-refractivity contribution in [1.29, 1.82) is 0 Å². The smallest absolute Gasteiger partial charge is 0.150 e. The SMILES string of the molecule is COc1ccc(C=O)c2c1CCCC2N(C)C. The van der Waals surface area contributed by atoms with Crippen LogP contribution in [0.1, 0.15) is 40.4 Å². The van der Waals surface area contributed by atoms with Crippen molar-refractivity contribution in [3.63, 3.8) is 0 Å². The summed E-state index contributed by atoms with van der Waals surface area (Å²) in [4.78, 5) is 13.4. The molecule has 0 saturated heterocycles. The maximum Gasteiger partial charge on any atom is 0.150 e. The fraction of sp³-hybridized carbons (Fsp3) is 0.500. The molecule has 3 heteroatoms. The van der Waals surface area contributed by atoms with Crippen molar-refractivity contribution in [3.05, 3.63) is 28.8 Å². The van der Waals surface area contributed by atoms with Gasteiger partial charge in [0.1, 0.15) is 12.0 Å². The van der Waals surface area contributed by atoms with Gasteiger partial charge in [0.05, 0.1) is 7.11 Å². The summed E-state index contributed by atoms with van der Waals surface area (Å²) in [6, 6.07) is 4.10. The zero-order valence-corrected chi connectivity index (χ0v) is 10.7. The second kappa shape index (κ2) is 4.88. The van der Waals surface area contributed by atoms with Gasteiger partial charge in [-0.2, -0.15) is 0 Å². The molecule has 0 heterocycles. The van der Waals surface area contributed by atoms with Crippen molar-refractivity contribution in [2.24, 2.45) is 0 Å². The third kappa shape index (κ3) is 2.07. The van der Waals surface area contributed by atoms with E-state index in [1.807, 2.05) is 12.1 Å². The van der Waals surface area contributed by atoms with Crippen LogP contribution in [0.15, 0.2) is 12.1 Å². The van der Waals surface area contributed by atoms with Gasteiger partial charge in [-0.05, 0) is 56.6 Å². The lowest BCUT2D eigenvalue weighted by Crippen LogP contribution is -2.25. The molecular formula is C14H19NO2. The second-order valence-electron chi connectivity index (χ2n) is 4.74.